The van der Waals surface area contributed by atoms with Gasteiger partial charge in [-0.25, -0.2) is 4.68 Å². The van der Waals surface area contributed by atoms with E-state index in [1.54, 1.807) is 37.0 Å². The van der Waals surface area contributed by atoms with Gasteiger partial charge in [0, 0.05) is 11.6 Å². The van der Waals surface area contributed by atoms with Crippen molar-refractivity contribution in [3.05, 3.63) is 47.4 Å². The summed E-state index contributed by atoms with van der Waals surface area (Å²) in [5, 5.41) is 19.5. The Hall–Kier alpha value is -1.98. The molecule has 2 heterocycles. The third kappa shape index (κ3) is 2.15. The largest absolute Gasteiger partial charge is 0.384 e. The van der Waals surface area contributed by atoms with E-state index in [1.807, 2.05) is 18.2 Å². The van der Waals surface area contributed by atoms with Gasteiger partial charge in [-0.05, 0) is 38.1 Å². The van der Waals surface area contributed by atoms with Crippen LogP contribution in [0.25, 0.3) is 16.6 Å². The van der Waals surface area contributed by atoms with Gasteiger partial charge in [0.1, 0.15) is 11.3 Å². The standard InChI is InChI=1S/C14H13ClN4O/c1-14(2,20)12-8-19(18-17-12)11-6-5-10(15)9-4-3-7-16-13(9)11/h3-8,20H,1-2H3. The summed E-state index contributed by atoms with van der Waals surface area (Å²) in [7, 11) is 0. The minimum absolute atomic E-state index is 0.497. The molecule has 2 aromatic heterocycles. The molecule has 6 heteroatoms. The molecule has 1 N–H and O–H groups in total. The van der Waals surface area contributed by atoms with Gasteiger partial charge >= 0.3 is 0 Å². The predicted molar refractivity (Wildman–Crippen MR) is 76.9 cm³/mol. The van der Waals surface area contributed by atoms with Gasteiger partial charge in [-0.2, -0.15) is 0 Å². The second-order valence-electron chi connectivity index (χ2n) is 5.07. The number of benzene rings is 1. The summed E-state index contributed by atoms with van der Waals surface area (Å²) < 4.78 is 1.60. The number of pyridine rings is 1. The topological polar surface area (TPSA) is 63.8 Å². The highest BCUT2D eigenvalue weighted by Gasteiger charge is 2.21. The van der Waals surface area contributed by atoms with Gasteiger partial charge in [-0.3, -0.25) is 4.98 Å². The Morgan fingerprint density at radius 1 is 1.25 bits per heavy atom. The fourth-order valence-corrected chi connectivity index (χ4v) is 2.19. The summed E-state index contributed by atoms with van der Waals surface area (Å²) in [5.74, 6) is 0. The Kier molecular flexibility index (Phi) is 2.96. The lowest BCUT2D eigenvalue weighted by Gasteiger charge is -2.12. The number of halogens is 1. The minimum Gasteiger partial charge on any atom is -0.384 e. The number of aliphatic hydroxyl groups is 1. The SMILES string of the molecule is CC(C)(O)c1cn(-c2ccc(Cl)c3cccnc23)nn1. The molecule has 0 amide bonds. The Morgan fingerprint density at radius 3 is 2.75 bits per heavy atom. The average Bonchev–Trinajstić information content (AvgIpc) is 2.89. The third-order valence-electron chi connectivity index (χ3n) is 3.06. The molecule has 3 aromatic rings. The lowest BCUT2D eigenvalue weighted by molar-refractivity contribution is 0.0737. The quantitative estimate of drug-likeness (QED) is 0.787. The summed E-state index contributed by atoms with van der Waals surface area (Å²) >= 11 is 6.17. The highest BCUT2D eigenvalue weighted by Crippen LogP contribution is 2.27. The second kappa shape index (κ2) is 4.54. The highest BCUT2D eigenvalue weighted by molar-refractivity contribution is 6.35. The maximum atomic E-state index is 9.95. The van der Waals surface area contributed by atoms with Crippen LogP contribution in [0.3, 0.4) is 0 Å². The molecule has 0 atom stereocenters. The number of hydrogen-bond acceptors (Lipinski definition) is 4. The monoisotopic (exact) mass is 288 g/mol. The van der Waals surface area contributed by atoms with Crippen molar-refractivity contribution in [2.24, 2.45) is 0 Å². The van der Waals surface area contributed by atoms with Crippen LogP contribution in [0.1, 0.15) is 19.5 Å². The number of aromatic nitrogens is 4. The van der Waals surface area contributed by atoms with E-state index in [1.165, 1.54) is 0 Å². The van der Waals surface area contributed by atoms with E-state index in [4.69, 9.17) is 11.6 Å². The molecule has 102 valence electrons. The van der Waals surface area contributed by atoms with Crippen molar-refractivity contribution in [3.8, 4) is 5.69 Å². The van der Waals surface area contributed by atoms with Crippen LogP contribution in [-0.4, -0.2) is 25.1 Å². The van der Waals surface area contributed by atoms with Crippen molar-refractivity contribution in [2.45, 2.75) is 19.4 Å². The number of hydrogen-bond donors (Lipinski definition) is 1. The smallest absolute Gasteiger partial charge is 0.114 e. The Labute approximate surface area is 120 Å². The van der Waals surface area contributed by atoms with Crippen LogP contribution < -0.4 is 0 Å². The molecule has 3 rings (SSSR count). The fourth-order valence-electron chi connectivity index (χ4n) is 1.97. The summed E-state index contributed by atoms with van der Waals surface area (Å²) in [6.45, 7) is 3.33. The third-order valence-corrected chi connectivity index (χ3v) is 3.39. The Bertz CT molecular complexity index is 776. The Morgan fingerprint density at radius 2 is 2.05 bits per heavy atom. The average molecular weight is 289 g/mol. The normalized spacial score (nSPS) is 12.0. The predicted octanol–water partition coefficient (Wildman–Crippen LogP) is 2.70. The zero-order chi connectivity index (χ0) is 14.3. The lowest BCUT2D eigenvalue weighted by atomic mass is 10.1. The van der Waals surface area contributed by atoms with Gasteiger partial charge in [-0.15, -0.1) is 5.10 Å². The number of rotatable bonds is 2. The van der Waals surface area contributed by atoms with Crippen LogP contribution in [0.4, 0.5) is 0 Å². The van der Waals surface area contributed by atoms with Crippen molar-refractivity contribution in [1.82, 2.24) is 20.0 Å². The van der Waals surface area contributed by atoms with Crippen molar-refractivity contribution in [2.75, 3.05) is 0 Å². The molecule has 0 aliphatic rings. The van der Waals surface area contributed by atoms with Gasteiger partial charge < -0.3 is 5.11 Å². The van der Waals surface area contributed by atoms with Crippen LogP contribution in [-0.2, 0) is 5.60 Å². The Balaban J connectivity index is 2.20. The molecule has 20 heavy (non-hydrogen) atoms. The van der Waals surface area contributed by atoms with Crippen molar-refractivity contribution in [3.63, 3.8) is 0 Å². The van der Waals surface area contributed by atoms with E-state index < -0.39 is 5.60 Å². The first kappa shape index (κ1) is 13.0. The molecule has 0 aliphatic heterocycles. The molecule has 0 spiro atoms. The van der Waals surface area contributed by atoms with E-state index in [0.29, 0.717) is 10.7 Å². The molecule has 1 aromatic carbocycles. The number of nitrogens with zero attached hydrogens (tertiary/aromatic N) is 4. The van der Waals surface area contributed by atoms with Gasteiger partial charge in [-0.1, -0.05) is 16.8 Å². The van der Waals surface area contributed by atoms with Crippen LogP contribution in [0, 0.1) is 0 Å². The molecular weight excluding hydrogens is 276 g/mol. The molecular formula is C14H13ClN4O. The molecule has 0 unspecified atom stereocenters. The zero-order valence-corrected chi connectivity index (χ0v) is 11.8. The summed E-state index contributed by atoms with van der Waals surface area (Å²) in [6.07, 6.45) is 3.40. The van der Waals surface area contributed by atoms with Crippen molar-refractivity contribution >= 4 is 22.5 Å². The summed E-state index contributed by atoms with van der Waals surface area (Å²) in [6, 6.07) is 7.37. The molecule has 0 radical (unpaired) electrons. The first-order valence-corrected chi connectivity index (χ1v) is 6.53. The first-order chi connectivity index (χ1) is 9.47. The summed E-state index contributed by atoms with van der Waals surface area (Å²) in [5.41, 5.74) is 0.977. The van der Waals surface area contributed by atoms with Crippen LogP contribution >= 0.6 is 11.6 Å². The van der Waals surface area contributed by atoms with Crippen LogP contribution in [0.15, 0.2) is 36.7 Å². The molecule has 5 nitrogen and oxygen atoms in total. The number of fused-ring (bicyclic) bond motifs is 1. The van der Waals surface area contributed by atoms with Crippen molar-refractivity contribution < 1.29 is 5.11 Å². The zero-order valence-electron chi connectivity index (χ0n) is 11.1. The lowest BCUT2D eigenvalue weighted by Crippen LogP contribution is -2.15. The van der Waals surface area contributed by atoms with Gasteiger partial charge in [0.05, 0.1) is 22.4 Å². The second-order valence-corrected chi connectivity index (χ2v) is 5.48. The van der Waals surface area contributed by atoms with Gasteiger partial charge in [0.25, 0.3) is 0 Å². The molecule has 0 saturated carbocycles. The van der Waals surface area contributed by atoms with E-state index in [0.717, 1.165) is 16.6 Å². The van der Waals surface area contributed by atoms with E-state index in [-0.39, 0.29) is 0 Å². The maximum absolute atomic E-state index is 9.95. The van der Waals surface area contributed by atoms with Crippen molar-refractivity contribution in [1.29, 1.82) is 0 Å². The minimum atomic E-state index is -1.03. The summed E-state index contributed by atoms with van der Waals surface area (Å²) in [4.78, 5) is 4.35. The fraction of sp³-hybridized carbons (Fsp3) is 0.214. The molecule has 0 saturated heterocycles. The maximum Gasteiger partial charge on any atom is 0.114 e. The van der Waals surface area contributed by atoms with E-state index >= 15 is 0 Å². The molecule has 0 bridgehead atoms. The first-order valence-electron chi connectivity index (χ1n) is 6.15. The molecule has 0 fully saturated rings. The van der Waals surface area contributed by atoms with Gasteiger partial charge in [0.15, 0.2) is 0 Å². The molecule has 0 aliphatic carbocycles. The highest BCUT2D eigenvalue weighted by atomic mass is 35.5. The van der Waals surface area contributed by atoms with Crippen LogP contribution in [0.2, 0.25) is 5.02 Å². The van der Waals surface area contributed by atoms with E-state index in [9.17, 15) is 5.11 Å². The van der Waals surface area contributed by atoms with Crippen LogP contribution in [0.5, 0.6) is 0 Å². The van der Waals surface area contributed by atoms with Gasteiger partial charge in [0.2, 0.25) is 0 Å². The van der Waals surface area contributed by atoms with E-state index in [2.05, 4.69) is 15.3 Å².